The monoisotopic (exact) mass is 250 g/mol. The largest absolute Gasteiger partial charge is 0.293 e. The van der Waals surface area contributed by atoms with Crippen LogP contribution >= 0.6 is 0 Å². The summed E-state index contributed by atoms with van der Waals surface area (Å²) >= 11 is 0. The molecular formula is C18H18O. The third-order valence-electron chi connectivity index (χ3n) is 4.36. The standard InChI is InChI=1S/C18H18O/c1-14-8-5-6-11-16(14)17(19)18(12-7-13-18)15-9-3-2-4-10-15/h2-6,8-11H,7,12-13H2,1H3. The van der Waals surface area contributed by atoms with Gasteiger partial charge in [0.05, 0.1) is 5.41 Å². The Bertz CT molecular complexity index is 594. The highest BCUT2D eigenvalue weighted by atomic mass is 16.1. The molecule has 1 heteroatoms. The molecule has 1 aliphatic rings. The average Bonchev–Trinajstić information content (AvgIpc) is 2.39. The molecule has 3 rings (SSSR count). The third kappa shape index (κ3) is 1.90. The molecule has 0 unspecified atom stereocenters. The molecule has 0 aliphatic heterocycles. The van der Waals surface area contributed by atoms with E-state index in [-0.39, 0.29) is 5.41 Å². The Morgan fingerprint density at radius 1 is 0.947 bits per heavy atom. The molecule has 1 nitrogen and oxygen atoms in total. The fourth-order valence-corrected chi connectivity index (χ4v) is 3.02. The highest BCUT2D eigenvalue weighted by Crippen LogP contribution is 2.46. The van der Waals surface area contributed by atoms with Gasteiger partial charge in [-0.25, -0.2) is 0 Å². The summed E-state index contributed by atoms with van der Waals surface area (Å²) in [4.78, 5) is 13.0. The van der Waals surface area contributed by atoms with Crippen LogP contribution in [0.2, 0.25) is 0 Å². The summed E-state index contributed by atoms with van der Waals surface area (Å²) < 4.78 is 0. The second-order valence-electron chi connectivity index (χ2n) is 5.45. The van der Waals surface area contributed by atoms with Gasteiger partial charge in [0.1, 0.15) is 0 Å². The van der Waals surface area contributed by atoms with Crippen LogP contribution in [-0.4, -0.2) is 5.78 Å². The molecule has 96 valence electrons. The lowest BCUT2D eigenvalue weighted by Crippen LogP contribution is -2.42. The first-order valence-electron chi connectivity index (χ1n) is 6.90. The second-order valence-corrected chi connectivity index (χ2v) is 5.45. The smallest absolute Gasteiger partial charge is 0.173 e. The van der Waals surface area contributed by atoms with Gasteiger partial charge in [-0.1, -0.05) is 61.0 Å². The van der Waals surface area contributed by atoms with E-state index in [0.717, 1.165) is 30.4 Å². The lowest BCUT2D eigenvalue weighted by Gasteiger charge is -2.41. The van der Waals surface area contributed by atoms with Gasteiger partial charge < -0.3 is 0 Å². The summed E-state index contributed by atoms with van der Waals surface area (Å²) in [5, 5.41) is 0. The first-order chi connectivity index (χ1) is 9.24. The molecule has 2 aromatic rings. The number of benzene rings is 2. The van der Waals surface area contributed by atoms with Crippen molar-refractivity contribution in [1.82, 2.24) is 0 Å². The van der Waals surface area contributed by atoms with Crippen molar-refractivity contribution in [3.05, 3.63) is 71.3 Å². The fourth-order valence-electron chi connectivity index (χ4n) is 3.02. The van der Waals surface area contributed by atoms with E-state index in [1.54, 1.807) is 0 Å². The summed E-state index contributed by atoms with van der Waals surface area (Å²) in [6, 6.07) is 18.2. The number of carbonyl (C=O) groups is 1. The average molecular weight is 250 g/mol. The number of ketones is 1. The molecule has 0 saturated heterocycles. The van der Waals surface area contributed by atoms with Crippen molar-refractivity contribution in [3.63, 3.8) is 0 Å². The van der Waals surface area contributed by atoms with Crippen LogP contribution < -0.4 is 0 Å². The number of hydrogen-bond donors (Lipinski definition) is 0. The molecule has 1 fully saturated rings. The first-order valence-corrected chi connectivity index (χ1v) is 6.90. The molecule has 0 atom stereocenters. The Balaban J connectivity index is 2.04. The quantitative estimate of drug-likeness (QED) is 0.742. The van der Waals surface area contributed by atoms with Crippen LogP contribution in [0.4, 0.5) is 0 Å². The van der Waals surface area contributed by atoms with Crippen LogP contribution in [0.25, 0.3) is 0 Å². The van der Waals surface area contributed by atoms with Crippen molar-refractivity contribution in [2.75, 3.05) is 0 Å². The van der Waals surface area contributed by atoms with Crippen molar-refractivity contribution in [3.8, 4) is 0 Å². The van der Waals surface area contributed by atoms with Crippen LogP contribution in [0.15, 0.2) is 54.6 Å². The zero-order valence-corrected chi connectivity index (χ0v) is 11.2. The molecule has 0 bridgehead atoms. The van der Waals surface area contributed by atoms with Gasteiger partial charge in [-0.2, -0.15) is 0 Å². The topological polar surface area (TPSA) is 17.1 Å². The molecule has 0 radical (unpaired) electrons. The van der Waals surface area contributed by atoms with E-state index in [2.05, 4.69) is 12.1 Å². The summed E-state index contributed by atoms with van der Waals surface area (Å²) in [6.45, 7) is 2.02. The SMILES string of the molecule is Cc1ccccc1C(=O)C1(c2ccccc2)CCC1. The third-order valence-corrected chi connectivity index (χ3v) is 4.36. The van der Waals surface area contributed by atoms with Gasteiger partial charge in [0.15, 0.2) is 5.78 Å². The van der Waals surface area contributed by atoms with Gasteiger partial charge in [-0.15, -0.1) is 0 Å². The molecule has 1 aliphatic carbocycles. The molecular weight excluding hydrogens is 232 g/mol. The second kappa shape index (κ2) is 4.65. The fraction of sp³-hybridized carbons (Fsp3) is 0.278. The van der Waals surface area contributed by atoms with E-state index in [4.69, 9.17) is 0 Å². The maximum absolute atomic E-state index is 13.0. The van der Waals surface area contributed by atoms with Crippen LogP contribution in [0.1, 0.15) is 40.7 Å². The number of aryl methyl sites for hydroxylation is 1. The van der Waals surface area contributed by atoms with E-state index in [1.807, 2.05) is 49.4 Å². The first kappa shape index (κ1) is 12.2. The van der Waals surface area contributed by atoms with Gasteiger partial charge in [0.2, 0.25) is 0 Å². The van der Waals surface area contributed by atoms with E-state index < -0.39 is 0 Å². The molecule has 0 N–H and O–H groups in total. The Labute approximate surface area is 114 Å². The van der Waals surface area contributed by atoms with E-state index in [1.165, 1.54) is 5.56 Å². The van der Waals surface area contributed by atoms with Crippen LogP contribution in [0.5, 0.6) is 0 Å². The van der Waals surface area contributed by atoms with Crippen molar-refractivity contribution in [2.45, 2.75) is 31.6 Å². The Morgan fingerprint density at radius 2 is 1.58 bits per heavy atom. The van der Waals surface area contributed by atoms with Gasteiger partial charge in [-0.05, 0) is 30.9 Å². The number of carbonyl (C=O) groups excluding carboxylic acids is 1. The summed E-state index contributed by atoms with van der Waals surface area (Å²) in [6.07, 6.45) is 3.10. The van der Waals surface area contributed by atoms with Gasteiger partial charge >= 0.3 is 0 Å². The molecule has 0 spiro atoms. The van der Waals surface area contributed by atoms with Gasteiger partial charge in [0, 0.05) is 5.56 Å². The normalized spacial score (nSPS) is 16.7. The van der Waals surface area contributed by atoms with Crippen molar-refractivity contribution in [2.24, 2.45) is 0 Å². The summed E-state index contributed by atoms with van der Waals surface area (Å²) in [7, 11) is 0. The number of hydrogen-bond acceptors (Lipinski definition) is 1. The van der Waals surface area contributed by atoms with E-state index >= 15 is 0 Å². The Kier molecular flexibility index (Phi) is 2.98. The van der Waals surface area contributed by atoms with Crippen LogP contribution in [-0.2, 0) is 5.41 Å². The van der Waals surface area contributed by atoms with Crippen molar-refractivity contribution < 1.29 is 4.79 Å². The minimum absolute atomic E-state index is 0.270. The number of rotatable bonds is 3. The van der Waals surface area contributed by atoms with Gasteiger partial charge in [-0.3, -0.25) is 4.79 Å². The van der Waals surface area contributed by atoms with Crippen LogP contribution in [0, 0.1) is 6.92 Å². The Hall–Kier alpha value is -1.89. The molecule has 2 aromatic carbocycles. The van der Waals surface area contributed by atoms with E-state index in [9.17, 15) is 4.79 Å². The maximum Gasteiger partial charge on any atom is 0.173 e. The summed E-state index contributed by atoms with van der Waals surface area (Å²) in [5.41, 5.74) is 2.86. The minimum Gasteiger partial charge on any atom is -0.293 e. The lowest BCUT2D eigenvalue weighted by molar-refractivity contribution is 0.0788. The zero-order valence-electron chi connectivity index (χ0n) is 11.2. The molecule has 0 aromatic heterocycles. The van der Waals surface area contributed by atoms with Gasteiger partial charge in [0.25, 0.3) is 0 Å². The molecule has 19 heavy (non-hydrogen) atoms. The predicted octanol–water partition coefficient (Wildman–Crippen LogP) is 4.30. The van der Waals surface area contributed by atoms with Crippen molar-refractivity contribution >= 4 is 5.78 Å². The molecule has 0 heterocycles. The predicted molar refractivity (Wildman–Crippen MR) is 77.5 cm³/mol. The zero-order chi connectivity index (χ0) is 13.3. The molecule has 1 saturated carbocycles. The molecule has 0 amide bonds. The lowest BCUT2D eigenvalue weighted by atomic mass is 9.60. The maximum atomic E-state index is 13.0. The minimum atomic E-state index is -0.270. The van der Waals surface area contributed by atoms with Crippen molar-refractivity contribution in [1.29, 1.82) is 0 Å². The Morgan fingerprint density at radius 3 is 2.16 bits per heavy atom. The van der Waals surface area contributed by atoms with Crippen LogP contribution in [0.3, 0.4) is 0 Å². The highest BCUT2D eigenvalue weighted by Gasteiger charge is 2.45. The summed E-state index contributed by atoms with van der Waals surface area (Å²) in [5.74, 6) is 0.294. The number of Topliss-reactive ketones (excluding diaryl/α,β-unsaturated/α-hetero) is 1. The highest BCUT2D eigenvalue weighted by molar-refractivity contribution is 6.05. The van der Waals surface area contributed by atoms with E-state index in [0.29, 0.717) is 5.78 Å².